The number of nitrogens with zero attached hydrogens (tertiary/aromatic N) is 3. The van der Waals surface area contributed by atoms with Gasteiger partial charge in [-0.1, -0.05) is 37.1 Å². The smallest absolute Gasteiger partial charge is 0.354 e. The van der Waals surface area contributed by atoms with Gasteiger partial charge in [-0.15, -0.1) is 0 Å². The number of hydrogen-bond donors (Lipinski definition) is 2. The summed E-state index contributed by atoms with van der Waals surface area (Å²) < 4.78 is 67.1. The topological polar surface area (TPSA) is 94.6 Å². The zero-order chi connectivity index (χ0) is 29.6. The second kappa shape index (κ2) is 13.2. The Morgan fingerprint density at radius 3 is 2.27 bits per heavy atom. The minimum Gasteiger partial charge on any atom is -0.354 e. The highest BCUT2D eigenvalue weighted by Gasteiger charge is 2.33. The third-order valence-electron chi connectivity index (χ3n) is 6.67. The molecule has 3 aromatic rings. The number of benzene rings is 2. The van der Waals surface area contributed by atoms with Crippen molar-refractivity contribution in [1.29, 1.82) is 0 Å². The summed E-state index contributed by atoms with van der Waals surface area (Å²) in [5.41, 5.74) is 1.08. The maximum absolute atomic E-state index is 13.2. The highest BCUT2D eigenvalue weighted by Crippen LogP contribution is 2.33. The quantitative estimate of drug-likeness (QED) is 0.236. The number of nitrogens with one attached hydrogen (secondary N) is 2. The van der Waals surface area contributed by atoms with Crippen molar-refractivity contribution in [2.24, 2.45) is 0 Å². The summed E-state index contributed by atoms with van der Waals surface area (Å²) in [6, 6.07) is 14.8. The first-order chi connectivity index (χ1) is 19.5. The number of amides is 1. The summed E-state index contributed by atoms with van der Waals surface area (Å²) >= 11 is 5.79. The predicted molar refractivity (Wildman–Crippen MR) is 153 cm³/mol. The number of carbonyl (C=O) groups is 1. The standard InChI is InChI=1S/C28H31ClF3N5O3S/c1-2-3-12-33-19-20-4-6-21(7-5-20)27(38)34-23-8-10-24(11-9-23)41(39,40)37-15-13-36(14-16-37)26-18-22(28(30,31)32)17-25(29)35-26/h4-11,17-18,33H,2-3,12-16,19H2,1H3,(H,34,38). The monoisotopic (exact) mass is 609 g/mol. The Morgan fingerprint density at radius 2 is 1.66 bits per heavy atom. The van der Waals surface area contributed by atoms with Crippen molar-refractivity contribution in [3.8, 4) is 0 Å². The fraction of sp³-hybridized carbons (Fsp3) is 0.357. The van der Waals surface area contributed by atoms with Crippen molar-refractivity contribution in [2.75, 3.05) is 42.9 Å². The van der Waals surface area contributed by atoms with Crippen molar-refractivity contribution in [3.63, 3.8) is 0 Å². The van der Waals surface area contributed by atoms with Crippen LogP contribution in [0.15, 0.2) is 65.6 Å². The number of unbranched alkanes of at least 4 members (excludes halogenated alkanes) is 1. The van der Waals surface area contributed by atoms with Crippen LogP contribution < -0.4 is 15.5 Å². The number of hydrogen-bond acceptors (Lipinski definition) is 6. The number of halogens is 4. The molecule has 0 aliphatic carbocycles. The number of sulfonamides is 1. The van der Waals surface area contributed by atoms with E-state index in [9.17, 15) is 26.4 Å². The first kappa shape index (κ1) is 30.8. The van der Waals surface area contributed by atoms with Gasteiger partial charge >= 0.3 is 6.18 Å². The van der Waals surface area contributed by atoms with Crippen molar-refractivity contribution in [2.45, 2.75) is 37.4 Å². The maximum atomic E-state index is 13.2. The van der Waals surface area contributed by atoms with Gasteiger partial charge in [0.15, 0.2) is 0 Å². The fourth-order valence-electron chi connectivity index (χ4n) is 4.34. The molecule has 220 valence electrons. The van der Waals surface area contributed by atoms with E-state index in [-0.39, 0.29) is 48.0 Å². The van der Waals surface area contributed by atoms with Gasteiger partial charge in [-0.25, -0.2) is 13.4 Å². The molecule has 1 aliphatic heterocycles. The molecule has 41 heavy (non-hydrogen) atoms. The number of aromatic nitrogens is 1. The minimum absolute atomic E-state index is 0.0419. The zero-order valence-corrected chi connectivity index (χ0v) is 24.0. The minimum atomic E-state index is -4.58. The van der Waals surface area contributed by atoms with E-state index in [1.165, 1.54) is 28.6 Å². The van der Waals surface area contributed by atoms with Crippen LogP contribution in [0, 0.1) is 0 Å². The molecule has 1 saturated heterocycles. The fourth-order valence-corrected chi connectivity index (χ4v) is 5.96. The highest BCUT2D eigenvalue weighted by molar-refractivity contribution is 7.89. The van der Waals surface area contributed by atoms with E-state index in [4.69, 9.17) is 11.6 Å². The van der Waals surface area contributed by atoms with Crippen LogP contribution >= 0.6 is 11.6 Å². The molecular formula is C28H31ClF3N5O3S. The van der Waals surface area contributed by atoms with Gasteiger partial charge in [-0.3, -0.25) is 4.79 Å². The van der Waals surface area contributed by atoms with E-state index in [1.807, 2.05) is 12.1 Å². The van der Waals surface area contributed by atoms with Gasteiger partial charge in [0.1, 0.15) is 11.0 Å². The summed E-state index contributed by atoms with van der Waals surface area (Å²) in [5, 5.41) is 5.83. The van der Waals surface area contributed by atoms with E-state index >= 15 is 0 Å². The van der Waals surface area contributed by atoms with Crippen LogP contribution in [-0.2, 0) is 22.7 Å². The summed E-state index contributed by atoms with van der Waals surface area (Å²) in [5.74, 6) is -0.272. The van der Waals surface area contributed by atoms with Gasteiger partial charge in [0.05, 0.1) is 10.5 Å². The predicted octanol–water partition coefficient (Wildman–Crippen LogP) is 5.41. The van der Waals surface area contributed by atoms with E-state index < -0.39 is 21.8 Å². The summed E-state index contributed by atoms with van der Waals surface area (Å²) in [4.78, 5) is 18.3. The number of pyridine rings is 1. The molecule has 0 atom stereocenters. The Morgan fingerprint density at radius 1 is 1.00 bits per heavy atom. The molecular weight excluding hydrogens is 579 g/mol. The maximum Gasteiger partial charge on any atom is 0.416 e. The number of carbonyl (C=O) groups excluding carboxylic acids is 1. The Hall–Kier alpha value is -3.19. The molecule has 2 N–H and O–H groups in total. The summed E-state index contributed by atoms with van der Waals surface area (Å²) in [7, 11) is -3.86. The van der Waals surface area contributed by atoms with E-state index in [0.29, 0.717) is 11.3 Å². The molecule has 0 unspecified atom stereocenters. The molecule has 1 amide bonds. The molecule has 2 heterocycles. The SMILES string of the molecule is CCCCNCc1ccc(C(=O)Nc2ccc(S(=O)(=O)N3CCN(c4cc(C(F)(F)F)cc(Cl)n4)CC3)cc2)cc1. The lowest BCUT2D eigenvalue weighted by atomic mass is 10.1. The second-order valence-corrected chi connectivity index (χ2v) is 12.0. The molecule has 2 aromatic carbocycles. The van der Waals surface area contributed by atoms with Crippen molar-refractivity contribution < 1.29 is 26.4 Å². The molecule has 1 fully saturated rings. The van der Waals surface area contributed by atoms with Crippen LogP contribution in [0.25, 0.3) is 0 Å². The van der Waals surface area contributed by atoms with E-state index in [2.05, 4.69) is 22.5 Å². The highest BCUT2D eigenvalue weighted by atomic mass is 35.5. The largest absolute Gasteiger partial charge is 0.416 e. The first-order valence-electron chi connectivity index (χ1n) is 13.2. The zero-order valence-electron chi connectivity index (χ0n) is 22.4. The lowest BCUT2D eigenvalue weighted by molar-refractivity contribution is -0.137. The molecule has 0 radical (unpaired) electrons. The van der Waals surface area contributed by atoms with Gasteiger partial charge in [-0.2, -0.15) is 17.5 Å². The van der Waals surface area contributed by atoms with Gasteiger partial charge in [0, 0.05) is 44.0 Å². The van der Waals surface area contributed by atoms with Crippen LogP contribution in [0.3, 0.4) is 0 Å². The van der Waals surface area contributed by atoms with Crippen molar-refractivity contribution >= 4 is 39.0 Å². The molecule has 1 aliphatic rings. The average Bonchev–Trinajstić information content (AvgIpc) is 2.95. The summed E-state index contributed by atoms with van der Waals surface area (Å²) in [6.07, 6.45) is -2.35. The molecule has 13 heteroatoms. The molecule has 0 saturated carbocycles. The lowest BCUT2D eigenvalue weighted by Crippen LogP contribution is -2.49. The van der Waals surface area contributed by atoms with Crippen LogP contribution in [-0.4, -0.2) is 56.3 Å². The lowest BCUT2D eigenvalue weighted by Gasteiger charge is -2.35. The van der Waals surface area contributed by atoms with Gasteiger partial charge in [-0.05, 0) is 67.1 Å². The van der Waals surface area contributed by atoms with Crippen LogP contribution in [0.5, 0.6) is 0 Å². The third kappa shape index (κ3) is 7.97. The number of rotatable bonds is 10. The Kier molecular flexibility index (Phi) is 9.90. The van der Waals surface area contributed by atoms with Gasteiger partial charge < -0.3 is 15.5 Å². The van der Waals surface area contributed by atoms with E-state index in [1.54, 1.807) is 17.0 Å². The van der Waals surface area contributed by atoms with Crippen LogP contribution in [0.1, 0.15) is 41.3 Å². The molecule has 1 aromatic heterocycles. The molecule has 4 rings (SSSR count). The number of anilines is 2. The van der Waals surface area contributed by atoms with Crippen LogP contribution in [0.2, 0.25) is 5.15 Å². The van der Waals surface area contributed by atoms with Gasteiger partial charge in [0.25, 0.3) is 5.91 Å². The van der Waals surface area contributed by atoms with Gasteiger partial charge in [0.2, 0.25) is 10.0 Å². The number of piperazine rings is 1. The Bertz CT molecular complexity index is 1440. The average molecular weight is 610 g/mol. The molecule has 8 nitrogen and oxygen atoms in total. The van der Waals surface area contributed by atoms with E-state index in [0.717, 1.165) is 43.6 Å². The Labute approximate surface area is 242 Å². The molecule has 0 bridgehead atoms. The third-order valence-corrected chi connectivity index (χ3v) is 8.78. The normalized spacial score (nSPS) is 14.7. The second-order valence-electron chi connectivity index (χ2n) is 9.63. The summed E-state index contributed by atoms with van der Waals surface area (Å²) in [6.45, 7) is 4.20. The van der Waals surface area contributed by atoms with Crippen molar-refractivity contribution in [3.05, 3.63) is 82.5 Å². The molecule has 0 spiro atoms. The van der Waals surface area contributed by atoms with Crippen molar-refractivity contribution in [1.82, 2.24) is 14.6 Å². The first-order valence-corrected chi connectivity index (χ1v) is 15.0. The van der Waals surface area contributed by atoms with Crippen LogP contribution in [0.4, 0.5) is 24.7 Å². The Balaban J connectivity index is 1.34. The number of alkyl halides is 3.